The maximum absolute atomic E-state index is 12.4. The Labute approximate surface area is 189 Å². The van der Waals surface area contributed by atoms with Gasteiger partial charge in [-0.1, -0.05) is 36.0 Å². The van der Waals surface area contributed by atoms with E-state index in [1.165, 1.54) is 11.8 Å². The van der Waals surface area contributed by atoms with Gasteiger partial charge in [-0.3, -0.25) is 20.4 Å². The lowest BCUT2D eigenvalue weighted by Gasteiger charge is -2.25. The third-order valence-electron chi connectivity index (χ3n) is 4.65. The summed E-state index contributed by atoms with van der Waals surface area (Å²) in [4.78, 5) is 33.5. The van der Waals surface area contributed by atoms with Crippen molar-refractivity contribution in [3.8, 4) is 11.5 Å². The van der Waals surface area contributed by atoms with Gasteiger partial charge in [0.15, 0.2) is 16.7 Å². The molecule has 1 aliphatic rings. The highest BCUT2D eigenvalue weighted by molar-refractivity contribution is 7.98. The number of thioether (sulfide) groups is 1. The molecule has 0 saturated heterocycles. The first kappa shape index (κ1) is 21.6. The Bertz CT molecular complexity index is 1120. The SMILES string of the molecule is Cc1cc(C)nc(SCc2ccc(C(=O)NNC(=O)C3COc4ccccc4O3)cc2)n1. The molecule has 2 N–H and O–H groups in total. The van der Waals surface area contributed by atoms with Crippen molar-refractivity contribution < 1.29 is 19.1 Å². The average molecular weight is 451 g/mol. The molecule has 3 aromatic rings. The molecule has 2 heterocycles. The number of benzene rings is 2. The van der Waals surface area contributed by atoms with Gasteiger partial charge in [0.2, 0.25) is 6.10 Å². The minimum Gasteiger partial charge on any atom is -0.485 e. The maximum atomic E-state index is 12.4. The van der Waals surface area contributed by atoms with E-state index >= 15 is 0 Å². The predicted molar refractivity (Wildman–Crippen MR) is 119 cm³/mol. The Morgan fingerprint density at radius 2 is 1.69 bits per heavy atom. The molecule has 32 heavy (non-hydrogen) atoms. The zero-order valence-electron chi connectivity index (χ0n) is 17.6. The molecule has 2 amide bonds. The molecule has 1 atom stereocenters. The van der Waals surface area contributed by atoms with E-state index in [2.05, 4.69) is 20.8 Å². The summed E-state index contributed by atoms with van der Waals surface area (Å²) in [5.74, 6) is 0.844. The van der Waals surface area contributed by atoms with Gasteiger partial charge in [0, 0.05) is 22.7 Å². The second-order valence-electron chi connectivity index (χ2n) is 7.23. The smallest absolute Gasteiger partial charge is 0.283 e. The first-order valence-corrected chi connectivity index (χ1v) is 11.0. The third-order valence-corrected chi connectivity index (χ3v) is 5.56. The number of aryl methyl sites for hydroxylation is 2. The van der Waals surface area contributed by atoms with Crippen molar-refractivity contribution >= 4 is 23.6 Å². The van der Waals surface area contributed by atoms with Crippen LogP contribution in [-0.4, -0.2) is 34.5 Å². The topological polar surface area (TPSA) is 102 Å². The Morgan fingerprint density at radius 1 is 1.00 bits per heavy atom. The number of nitrogens with zero attached hydrogens (tertiary/aromatic N) is 2. The fourth-order valence-electron chi connectivity index (χ4n) is 3.08. The van der Waals surface area contributed by atoms with Gasteiger partial charge in [-0.25, -0.2) is 9.97 Å². The minimum absolute atomic E-state index is 0.0647. The van der Waals surface area contributed by atoms with Crippen LogP contribution in [0.15, 0.2) is 59.8 Å². The lowest BCUT2D eigenvalue weighted by atomic mass is 10.1. The van der Waals surface area contributed by atoms with Crippen molar-refractivity contribution in [3.63, 3.8) is 0 Å². The van der Waals surface area contributed by atoms with Crippen LogP contribution in [0.2, 0.25) is 0 Å². The van der Waals surface area contributed by atoms with Gasteiger partial charge in [-0.05, 0) is 49.7 Å². The van der Waals surface area contributed by atoms with Gasteiger partial charge in [0.1, 0.15) is 6.61 Å². The van der Waals surface area contributed by atoms with E-state index in [-0.39, 0.29) is 6.61 Å². The number of hydrogen-bond acceptors (Lipinski definition) is 7. The Balaban J connectivity index is 1.27. The molecule has 0 bridgehead atoms. The van der Waals surface area contributed by atoms with Gasteiger partial charge >= 0.3 is 0 Å². The highest BCUT2D eigenvalue weighted by Crippen LogP contribution is 2.30. The van der Waals surface area contributed by atoms with Crippen LogP contribution in [0.3, 0.4) is 0 Å². The molecule has 2 aromatic carbocycles. The Kier molecular flexibility index (Phi) is 6.55. The quantitative estimate of drug-likeness (QED) is 0.350. The lowest BCUT2D eigenvalue weighted by Crippen LogP contribution is -2.50. The van der Waals surface area contributed by atoms with Crippen molar-refractivity contribution in [2.45, 2.75) is 30.9 Å². The Morgan fingerprint density at radius 3 is 2.41 bits per heavy atom. The molecule has 1 unspecified atom stereocenters. The van der Waals surface area contributed by atoms with Gasteiger partial charge in [0.25, 0.3) is 11.8 Å². The van der Waals surface area contributed by atoms with E-state index in [9.17, 15) is 9.59 Å². The van der Waals surface area contributed by atoms with Crippen LogP contribution in [0.25, 0.3) is 0 Å². The molecule has 9 heteroatoms. The van der Waals surface area contributed by atoms with Gasteiger partial charge in [-0.15, -0.1) is 0 Å². The maximum Gasteiger partial charge on any atom is 0.283 e. The molecular formula is C23H22N4O4S. The lowest BCUT2D eigenvalue weighted by molar-refractivity contribution is -0.131. The van der Waals surface area contributed by atoms with Crippen molar-refractivity contribution in [1.29, 1.82) is 0 Å². The minimum atomic E-state index is -0.850. The summed E-state index contributed by atoms with van der Waals surface area (Å²) in [6.07, 6.45) is -0.850. The van der Waals surface area contributed by atoms with Crippen molar-refractivity contribution in [1.82, 2.24) is 20.8 Å². The fraction of sp³-hybridized carbons (Fsp3) is 0.217. The van der Waals surface area contributed by atoms with Crippen LogP contribution in [0.5, 0.6) is 11.5 Å². The van der Waals surface area contributed by atoms with Crippen molar-refractivity contribution in [2.75, 3.05) is 6.61 Å². The molecule has 1 aromatic heterocycles. The Hall–Kier alpha value is -3.59. The molecule has 0 radical (unpaired) electrons. The second kappa shape index (κ2) is 9.69. The van der Waals surface area contributed by atoms with E-state index in [0.29, 0.717) is 22.8 Å². The zero-order chi connectivity index (χ0) is 22.5. The first-order valence-electron chi connectivity index (χ1n) is 10.0. The van der Waals surface area contributed by atoms with Gasteiger partial charge in [0.05, 0.1) is 0 Å². The van der Waals surface area contributed by atoms with Gasteiger partial charge < -0.3 is 9.47 Å². The van der Waals surface area contributed by atoms with Crippen LogP contribution in [0.4, 0.5) is 0 Å². The summed E-state index contributed by atoms with van der Waals surface area (Å²) < 4.78 is 11.1. The van der Waals surface area contributed by atoms with Gasteiger partial charge in [-0.2, -0.15) is 0 Å². The highest BCUT2D eigenvalue weighted by atomic mass is 32.2. The normalized spacial score (nSPS) is 14.5. The summed E-state index contributed by atoms with van der Waals surface area (Å²) in [5.41, 5.74) is 8.12. The molecule has 164 valence electrons. The summed E-state index contributed by atoms with van der Waals surface area (Å²) >= 11 is 1.54. The number of aromatic nitrogens is 2. The van der Waals surface area contributed by atoms with E-state index in [4.69, 9.17) is 9.47 Å². The van der Waals surface area contributed by atoms with Crippen molar-refractivity contribution in [3.05, 3.63) is 77.1 Å². The van der Waals surface area contributed by atoms with Crippen molar-refractivity contribution in [2.24, 2.45) is 0 Å². The fourth-order valence-corrected chi connectivity index (χ4v) is 3.98. The summed E-state index contributed by atoms with van der Waals surface area (Å²) in [5, 5.41) is 0.726. The number of carbonyl (C=O) groups excluding carboxylic acids is 2. The standard InChI is InChI=1S/C23H22N4O4S/c1-14-11-15(2)25-23(24-14)32-13-16-7-9-17(10-8-16)21(28)26-27-22(29)20-12-30-18-5-3-4-6-19(18)31-20/h3-11,20H,12-13H2,1-2H3,(H,26,28)(H,27,29). The van der Waals surface area contributed by atoms with E-state index < -0.39 is 17.9 Å². The number of nitrogens with one attached hydrogen (secondary N) is 2. The number of hydrogen-bond donors (Lipinski definition) is 2. The summed E-state index contributed by atoms with van der Waals surface area (Å²) in [6, 6.07) is 16.2. The van der Waals surface area contributed by atoms with E-state index in [0.717, 1.165) is 22.1 Å². The number of carbonyl (C=O) groups is 2. The van der Waals surface area contributed by atoms with E-state index in [1.54, 1.807) is 30.3 Å². The molecule has 0 aliphatic carbocycles. The highest BCUT2D eigenvalue weighted by Gasteiger charge is 2.27. The number of rotatable bonds is 5. The molecule has 0 fully saturated rings. The number of para-hydroxylation sites is 2. The summed E-state index contributed by atoms with van der Waals surface area (Å²) in [7, 11) is 0. The second-order valence-corrected chi connectivity index (χ2v) is 8.17. The van der Waals surface area contributed by atoms with Crippen LogP contribution in [0, 0.1) is 13.8 Å². The molecular weight excluding hydrogens is 428 g/mol. The molecule has 0 spiro atoms. The zero-order valence-corrected chi connectivity index (χ0v) is 18.4. The summed E-state index contributed by atoms with van der Waals surface area (Å²) in [6.45, 7) is 3.95. The number of amides is 2. The molecule has 1 aliphatic heterocycles. The molecule has 0 saturated carbocycles. The van der Waals surface area contributed by atoms with E-state index in [1.807, 2.05) is 38.1 Å². The van der Waals surface area contributed by atoms with Crippen LogP contribution < -0.4 is 20.3 Å². The average Bonchev–Trinajstić information content (AvgIpc) is 2.80. The third kappa shape index (κ3) is 5.36. The molecule has 4 rings (SSSR count). The van der Waals surface area contributed by atoms with Crippen LogP contribution >= 0.6 is 11.8 Å². The monoisotopic (exact) mass is 450 g/mol. The predicted octanol–water partition coefficient (Wildman–Crippen LogP) is 2.99. The number of fused-ring (bicyclic) bond motifs is 1. The first-order chi connectivity index (χ1) is 15.5. The van der Waals surface area contributed by atoms with Crippen LogP contribution in [-0.2, 0) is 10.5 Å². The largest absolute Gasteiger partial charge is 0.485 e. The number of ether oxygens (including phenoxy) is 2. The van der Waals surface area contributed by atoms with Crippen LogP contribution in [0.1, 0.15) is 27.3 Å². The number of hydrazine groups is 1. The molecule has 8 nitrogen and oxygen atoms in total.